The van der Waals surface area contributed by atoms with Crippen molar-refractivity contribution < 1.29 is 28.3 Å². The maximum atomic E-state index is 12.5. The Bertz CT molecular complexity index is 734. The van der Waals surface area contributed by atoms with Gasteiger partial charge in [-0.1, -0.05) is 19.3 Å². The van der Waals surface area contributed by atoms with Gasteiger partial charge in [-0.05, 0) is 37.8 Å². The fraction of sp³-hybridized carbons (Fsp3) is 0.550. The van der Waals surface area contributed by atoms with E-state index in [0.29, 0.717) is 18.1 Å². The summed E-state index contributed by atoms with van der Waals surface area (Å²) >= 11 is 0. The average Bonchev–Trinajstić information content (AvgIpc) is 3.21. The monoisotopic (exact) mass is 390 g/mol. The molecular formula is C20H26N2O6. The zero-order valence-corrected chi connectivity index (χ0v) is 16.0. The molecule has 3 rings (SSSR count). The zero-order chi connectivity index (χ0) is 19.9. The van der Waals surface area contributed by atoms with E-state index in [9.17, 15) is 14.4 Å². The number of nitrogens with one attached hydrogen (secondary N) is 2. The van der Waals surface area contributed by atoms with Gasteiger partial charge in [0.05, 0.1) is 24.1 Å². The Morgan fingerprint density at radius 1 is 1.21 bits per heavy atom. The number of amides is 2. The van der Waals surface area contributed by atoms with Crippen LogP contribution in [0.15, 0.2) is 34.1 Å². The lowest BCUT2D eigenvalue weighted by molar-refractivity contribution is -0.145. The first-order valence-electron chi connectivity index (χ1n) is 9.75. The Labute approximate surface area is 163 Å². The van der Waals surface area contributed by atoms with E-state index in [4.69, 9.17) is 13.9 Å². The van der Waals surface area contributed by atoms with Crippen molar-refractivity contribution in [3.05, 3.63) is 35.4 Å². The summed E-state index contributed by atoms with van der Waals surface area (Å²) in [6.45, 7) is 1.67. The van der Waals surface area contributed by atoms with Crippen molar-refractivity contribution in [2.24, 2.45) is 5.92 Å². The highest BCUT2D eigenvalue weighted by Crippen LogP contribution is 2.29. The number of ether oxygens (including phenoxy) is 2. The van der Waals surface area contributed by atoms with Crippen LogP contribution in [0.25, 0.3) is 0 Å². The summed E-state index contributed by atoms with van der Waals surface area (Å²) in [5.41, 5.74) is 0.377. The van der Waals surface area contributed by atoms with E-state index in [0.717, 1.165) is 25.7 Å². The fourth-order valence-electron chi connectivity index (χ4n) is 3.69. The third-order valence-electron chi connectivity index (χ3n) is 5.03. The van der Waals surface area contributed by atoms with E-state index in [1.54, 1.807) is 19.1 Å². The summed E-state index contributed by atoms with van der Waals surface area (Å²) in [6.07, 6.45) is 7.38. The molecule has 8 nitrogen and oxygen atoms in total. The molecule has 28 heavy (non-hydrogen) atoms. The number of hydrogen-bond acceptors (Lipinski definition) is 6. The van der Waals surface area contributed by atoms with Crippen molar-refractivity contribution in [1.82, 2.24) is 10.6 Å². The SMILES string of the molecule is CCOC(=O)C1=C(COC(=O)CC2CCCCC2)NC(=O)NC1c1ccco1. The molecule has 0 bridgehead atoms. The second kappa shape index (κ2) is 9.43. The number of carbonyl (C=O) groups is 3. The smallest absolute Gasteiger partial charge is 0.338 e. The summed E-state index contributed by atoms with van der Waals surface area (Å²) in [7, 11) is 0. The van der Waals surface area contributed by atoms with Crippen molar-refractivity contribution >= 4 is 18.0 Å². The van der Waals surface area contributed by atoms with Gasteiger partial charge >= 0.3 is 18.0 Å². The second-order valence-corrected chi connectivity index (χ2v) is 7.03. The third-order valence-corrected chi connectivity index (χ3v) is 5.03. The molecule has 2 N–H and O–H groups in total. The maximum Gasteiger partial charge on any atom is 0.338 e. The van der Waals surface area contributed by atoms with Crippen LogP contribution >= 0.6 is 0 Å². The van der Waals surface area contributed by atoms with Gasteiger partial charge in [0.2, 0.25) is 0 Å². The highest BCUT2D eigenvalue weighted by atomic mass is 16.5. The predicted octanol–water partition coefficient (Wildman–Crippen LogP) is 2.96. The first-order chi connectivity index (χ1) is 13.6. The summed E-state index contributed by atoms with van der Waals surface area (Å²) in [4.78, 5) is 36.8. The van der Waals surface area contributed by atoms with Crippen LogP contribution in [0.2, 0.25) is 0 Å². The molecule has 2 aliphatic rings. The highest BCUT2D eigenvalue weighted by molar-refractivity contribution is 5.95. The first-order valence-corrected chi connectivity index (χ1v) is 9.75. The maximum absolute atomic E-state index is 12.5. The van der Waals surface area contributed by atoms with Gasteiger partial charge in [-0.3, -0.25) is 4.79 Å². The van der Waals surface area contributed by atoms with Gasteiger partial charge in [-0.2, -0.15) is 0 Å². The molecule has 2 amide bonds. The second-order valence-electron chi connectivity index (χ2n) is 7.03. The Morgan fingerprint density at radius 3 is 2.68 bits per heavy atom. The van der Waals surface area contributed by atoms with Crippen LogP contribution in [-0.2, 0) is 19.1 Å². The van der Waals surface area contributed by atoms with Crippen molar-refractivity contribution in [2.45, 2.75) is 51.5 Å². The lowest BCUT2D eigenvalue weighted by Gasteiger charge is -2.27. The molecule has 2 heterocycles. The van der Waals surface area contributed by atoms with Crippen LogP contribution in [0.4, 0.5) is 4.79 Å². The van der Waals surface area contributed by atoms with Gasteiger partial charge in [-0.25, -0.2) is 9.59 Å². The van der Waals surface area contributed by atoms with Crippen molar-refractivity contribution in [1.29, 1.82) is 0 Å². The molecule has 0 spiro atoms. The molecule has 1 aromatic rings. The lowest BCUT2D eigenvalue weighted by Crippen LogP contribution is -2.47. The molecule has 1 atom stereocenters. The Morgan fingerprint density at radius 2 is 2.00 bits per heavy atom. The Kier molecular flexibility index (Phi) is 6.73. The van der Waals surface area contributed by atoms with E-state index in [1.165, 1.54) is 12.7 Å². The summed E-state index contributed by atoms with van der Waals surface area (Å²) in [6, 6.07) is 2.00. The number of hydrogen-bond donors (Lipinski definition) is 2. The average molecular weight is 390 g/mol. The number of carbonyl (C=O) groups excluding carboxylic acids is 3. The Balaban J connectivity index is 1.75. The molecule has 0 radical (unpaired) electrons. The minimum Gasteiger partial charge on any atom is -0.467 e. The van der Waals surface area contributed by atoms with Crippen LogP contribution in [0.3, 0.4) is 0 Å². The molecule has 1 aliphatic carbocycles. The van der Waals surface area contributed by atoms with Crippen LogP contribution in [0, 0.1) is 5.92 Å². The normalized spacial score (nSPS) is 20.3. The standard InChI is InChI=1S/C20H26N2O6/c1-2-26-19(24)17-14(12-28-16(23)11-13-7-4-3-5-8-13)21-20(25)22-18(17)15-9-6-10-27-15/h6,9-10,13,18H,2-5,7-8,11-12H2,1H3,(H2,21,22,25). The third kappa shape index (κ3) is 4.94. The molecule has 1 aliphatic heterocycles. The van der Waals surface area contributed by atoms with Gasteiger partial charge in [0.25, 0.3) is 0 Å². The van der Waals surface area contributed by atoms with Gasteiger partial charge in [0, 0.05) is 6.42 Å². The molecule has 1 fully saturated rings. The molecule has 1 unspecified atom stereocenters. The van der Waals surface area contributed by atoms with Gasteiger partial charge in [0.15, 0.2) is 0 Å². The highest BCUT2D eigenvalue weighted by Gasteiger charge is 2.35. The van der Waals surface area contributed by atoms with Crippen molar-refractivity contribution in [3.8, 4) is 0 Å². The number of furan rings is 1. The molecular weight excluding hydrogens is 364 g/mol. The number of esters is 2. The number of urea groups is 1. The minimum atomic E-state index is -0.810. The lowest BCUT2D eigenvalue weighted by atomic mass is 9.87. The van der Waals surface area contributed by atoms with Crippen LogP contribution in [0.1, 0.15) is 57.3 Å². The molecule has 0 aromatic carbocycles. The quantitative estimate of drug-likeness (QED) is 0.693. The van der Waals surface area contributed by atoms with E-state index in [2.05, 4.69) is 10.6 Å². The van der Waals surface area contributed by atoms with E-state index in [1.807, 2.05) is 0 Å². The zero-order valence-electron chi connectivity index (χ0n) is 16.0. The molecule has 1 aromatic heterocycles. The van der Waals surface area contributed by atoms with Gasteiger partial charge in [0.1, 0.15) is 18.4 Å². The van der Waals surface area contributed by atoms with Crippen LogP contribution in [0.5, 0.6) is 0 Å². The first kappa shape index (κ1) is 20.0. The summed E-state index contributed by atoms with van der Waals surface area (Å²) in [5.74, 6) is -0.193. The largest absolute Gasteiger partial charge is 0.467 e. The van der Waals surface area contributed by atoms with Crippen LogP contribution in [-0.4, -0.2) is 31.2 Å². The van der Waals surface area contributed by atoms with Gasteiger partial charge in [-0.15, -0.1) is 0 Å². The fourth-order valence-corrected chi connectivity index (χ4v) is 3.69. The molecule has 8 heteroatoms. The molecule has 0 saturated heterocycles. The van der Waals surface area contributed by atoms with E-state index < -0.39 is 18.0 Å². The van der Waals surface area contributed by atoms with Crippen LogP contribution < -0.4 is 10.6 Å². The Hall–Kier alpha value is -2.77. The van der Waals surface area contributed by atoms with E-state index >= 15 is 0 Å². The van der Waals surface area contributed by atoms with Crippen molar-refractivity contribution in [3.63, 3.8) is 0 Å². The summed E-state index contributed by atoms with van der Waals surface area (Å²) < 4.78 is 15.9. The predicted molar refractivity (Wildman–Crippen MR) is 98.9 cm³/mol. The minimum absolute atomic E-state index is 0.168. The van der Waals surface area contributed by atoms with E-state index in [-0.39, 0.29) is 30.5 Å². The molecule has 152 valence electrons. The molecule has 1 saturated carbocycles. The van der Waals surface area contributed by atoms with Gasteiger partial charge < -0.3 is 24.5 Å². The topological polar surface area (TPSA) is 107 Å². The van der Waals surface area contributed by atoms with Crippen molar-refractivity contribution in [2.75, 3.05) is 13.2 Å². The summed E-state index contributed by atoms with van der Waals surface area (Å²) in [5, 5.41) is 5.22. The number of rotatable bonds is 7.